The van der Waals surface area contributed by atoms with Gasteiger partial charge < -0.3 is 16.0 Å². The molecule has 1 atom stereocenters. The SMILES string of the molecule is Cc1cc(C=N)c(N)cc1C1(F)CCCN(C)C1. The lowest BCUT2D eigenvalue weighted by molar-refractivity contribution is 0.0558. The summed E-state index contributed by atoms with van der Waals surface area (Å²) in [5.41, 5.74) is 7.25. The van der Waals surface area contributed by atoms with Crippen molar-refractivity contribution in [3.05, 3.63) is 28.8 Å². The molecule has 1 aliphatic heterocycles. The number of benzene rings is 1. The molecule has 1 heterocycles. The Kier molecular flexibility index (Phi) is 3.39. The minimum absolute atomic E-state index is 0.414. The molecule has 3 N–H and O–H groups in total. The predicted molar refractivity (Wildman–Crippen MR) is 73.0 cm³/mol. The van der Waals surface area contributed by atoms with E-state index in [1.54, 1.807) is 12.1 Å². The summed E-state index contributed by atoms with van der Waals surface area (Å²) >= 11 is 0. The summed E-state index contributed by atoms with van der Waals surface area (Å²) in [6, 6.07) is 3.50. The van der Waals surface area contributed by atoms with Gasteiger partial charge in [0.25, 0.3) is 0 Å². The highest BCUT2D eigenvalue weighted by Crippen LogP contribution is 2.38. The van der Waals surface area contributed by atoms with Crippen molar-refractivity contribution in [2.45, 2.75) is 25.4 Å². The van der Waals surface area contributed by atoms with Gasteiger partial charge in [-0.25, -0.2) is 4.39 Å². The first-order valence-electron chi connectivity index (χ1n) is 6.25. The maximum atomic E-state index is 15.1. The Morgan fingerprint density at radius 1 is 1.50 bits per heavy atom. The number of nitrogens with two attached hydrogens (primary N) is 1. The number of nitrogens with one attached hydrogen (secondary N) is 1. The topological polar surface area (TPSA) is 53.1 Å². The van der Waals surface area contributed by atoms with Crippen LogP contribution >= 0.6 is 0 Å². The Morgan fingerprint density at radius 3 is 2.83 bits per heavy atom. The second-order valence-corrected chi connectivity index (χ2v) is 5.25. The molecule has 0 amide bonds. The summed E-state index contributed by atoms with van der Waals surface area (Å²) in [4.78, 5) is 2.02. The van der Waals surface area contributed by atoms with Crippen molar-refractivity contribution in [2.75, 3.05) is 25.9 Å². The first-order valence-corrected chi connectivity index (χ1v) is 6.25. The van der Waals surface area contributed by atoms with E-state index >= 15 is 4.39 Å². The molecule has 1 aromatic rings. The maximum Gasteiger partial charge on any atom is 0.148 e. The van der Waals surface area contributed by atoms with Gasteiger partial charge in [-0.1, -0.05) is 0 Å². The zero-order chi connectivity index (χ0) is 13.3. The third-order valence-electron chi connectivity index (χ3n) is 3.70. The largest absolute Gasteiger partial charge is 0.398 e. The molecule has 0 radical (unpaired) electrons. The van der Waals surface area contributed by atoms with Crippen LogP contribution in [0.4, 0.5) is 10.1 Å². The molecule has 0 aliphatic carbocycles. The molecule has 3 nitrogen and oxygen atoms in total. The van der Waals surface area contributed by atoms with Crippen LogP contribution in [0.5, 0.6) is 0 Å². The smallest absolute Gasteiger partial charge is 0.148 e. The Balaban J connectivity index is 2.44. The number of nitrogen functional groups attached to an aromatic ring is 1. The number of alkyl halides is 1. The lowest BCUT2D eigenvalue weighted by atomic mass is 9.84. The number of hydrogen-bond donors (Lipinski definition) is 2. The van der Waals surface area contributed by atoms with Gasteiger partial charge in [0.15, 0.2) is 0 Å². The molecular weight excluding hydrogens is 229 g/mol. The van der Waals surface area contributed by atoms with Crippen molar-refractivity contribution in [2.24, 2.45) is 0 Å². The lowest BCUT2D eigenvalue weighted by Crippen LogP contribution is -2.41. The fraction of sp³-hybridized carbons (Fsp3) is 0.500. The fourth-order valence-corrected chi connectivity index (χ4v) is 2.79. The minimum atomic E-state index is -1.31. The number of aryl methyl sites for hydroxylation is 1. The van der Waals surface area contributed by atoms with E-state index < -0.39 is 5.67 Å². The van der Waals surface area contributed by atoms with Crippen molar-refractivity contribution >= 4 is 11.9 Å². The average Bonchev–Trinajstić information content (AvgIpc) is 2.31. The Hall–Kier alpha value is -1.42. The van der Waals surface area contributed by atoms with Crippen molar-refractivity contribution in [3.8, 4) is 0 Å². The quantitative estimate of drug-likeness (QED) is 0.625. The van der Waals surface area contributed by atoms with Gasteiger partial charge in [-0.3, -0.25) is 0 Å². The van der Waals surface area contributed by atoms with E-state index in [1.807, 2.05) is 18.9 Å². The molecule has 18 heavy (non-hydrogen) atoms. The van der Waals surface area contributed by atoms with Crippen molar-refractivity contribution in [1.82, 2.24) is 4.90 Å². The molecule has 0 bridgehead atoms. The summed E-state index contributed by atoms with van der Waals surface area (Å²) in [6.07, 6.45) is 2.62. The number of hydrogen-bond acceptors (Lipinski definition) is 3. The lowest BCUT2D eigenvalue weighted by Gasteiger charge is -2.36. The van der Waals surface area contributed by atoms with E-state index in [1.165, 1.54) is 6.21 Å². The molecule has 2 rings (SSSR count). The van der Waals surface area contributed by atoms with E-state index in [0.29, 0.717) is 29.8 Å². The van der Waals surface area contributed by atoms with E-state index in [-0.39, 0.29) is 0 Å². The number of piperidine rings is 1. The Morgan fingerprint density at radius 2 is 2.22 bits per heavy atom. The first kappa shape index (κ1) is 13.0. The monoisotopic (exact) mass is 249 g/mol. The average molecular weight is 249 g/mol. The molecule has 1 aromatic carbocycles. The molecule has 1 saturated heterocycles. The number of rotatable bonds is 2. The van der Waals surface area contributed by atoms with Crippen molar-refractivity contribution < 1.29 is 4.39 Å². The molecule has 4 heteroatoms. The number of likely N-dealkylation sites (N-methyl/N-ethyl adjacent to an activating group) is 1. The molecule has 0 saturated carbocycles. The van der Waals surface area contributed by atoms with Gasteiger partial charge in [0.2, 0.25) is 0 Å². The van der Waals surface area contributed by atoms with Crippen LogP contribution < -0.4 is 5.73 Å². The van der Waals surface area contributed by atoms with Crippen LogP contribution in [0.15, 0.2) is 12.1 Å². The first-order chi connectivity index (χ1) is 8.46. The number of halogens is 1. The van der Waals surface area contributed by atoms with Crippen LogP contribution in [0.2, 0.25) is 0 Å². The summed E-state index contributed by atoms with van der Waals surface area (Å²) in [5, 5.41) is 7.27. The van der Waals surface area contributed by atoms with Crippen LogP contribution in [-0.2, 0) is 5.67 Å². The highest BCUT2D eigenvalue weighted by Gasteiger charge is 2.37. The third kappa shape index (κ3) is 2.25. The standard InChI is InChI=1S/C14H20FN3/c1-10-6-11(8-16)13(17)7-12(10)14(15)4-3-5-18(2)9-14/h6-8,16H,3-5,9,17H2,1-2H3. The Bertz CT molecular complexity index is 472. The second-order valence-electron chi connectivity index (χ2n) is 5.25. The molecule has 98 valence electrons. The predicted octanol–water partition coefficient (Wildman–Crippen LogP) is 2.47. The van der Waals surface area contributed by atoms with E-state index in [9.17, 15) is 0 Å². The zero-order valence-electron chi connectivity index (χ0n) is 11.0. The molecule has 0 aromatic heterocycles. The van der Waals surface area contributed by atoms with E-state index in [2.05, 4.69) is 0 Å². The van der Waals surface area contributed by atoms with E-state index in [4.69, 9.17) is 11.1 Å². The highest BCUT2D eigenvalue weighted by molar-refractivity contribution is 5.85. The van der Waals surface area contributed by atoms with Crippen molar-refractivity contribution in [1.29, 1.82) is 5.41 Å². The summed E-state index contributed by atoms with van der Waals surface area (Å²) < 4.78 is 15.1. The van der Waals surface area contributed by atoms with Crippen LogP contribution in [0, 0.1) is 12.3 Å². The minimum Gasteiger partial charge on any atom is -0.398 e. The number of nitrogens with zero attached hydrogens (tertiary/aromatic N) is 1. The maximum absolute atomic E-state index is 15.1. The molecule has 1 fully saturated rings. The van der Waals surface area contributed by atoms with Gasteiger partial charge in [-0.2, -0.15) is 0 Å². The Labute approximate surface area is 107 Å². The molecular formula is C14H20FN3. The van der Waals surface area contributed by atoms with Gasteiger partial charge >= 0.3 is 0 Å². The van der Waals surface area contributed by atoms with Gasteiger partial charge in [-0.05, 0) is 56.6 Å². The molecule has 0 spiro atoms. The normalized spacial score (nSPS) is 25.1. The zero-order valence-corrected chi connectivity index (χ0v) is 11.0. The van der Waals surface area contributed by atoms with Gasteiger partial charge in [0, 0.05) is 24.0 Å². The molecule has 1 aliphatic rings. The van der Waals surface area contributed by atoms with Gasteiger partial charge in [0.05, 0.1) is 0 Å². The van der Waals surface area contributed by atoms with Gasteiger partial charge in [0.1, 0.15) is 5.67 Å². The third-order valence-corrected chi connectivity index (χ3v) is 3.70. The van der Waals surface area contributed by atoms with Crippen LogP contribution in [0.3, 0.4) is 0 Å². The molecule has 1 unspecified atom stereocenters. The summed E-state index contributed by atoms with van der Waals surface area (Å²) in [6.45, 7) is 3.24. The summed E-state index contributed by atoms with van der Waals surface area (Å²) in [5.74, 6) is 0. The second kappa shape index (κ2) is 4.69. The highest BCUT2D eigenvalue weighted by atomic mass is 19.1. The van der Waals surface area contributed by atoms with Crippen LogP contribution in [0.25, 0.3) is 0 Å². The van der Waals surface area contributed by atoms with Crippen LogP contribution in [-0.4, -0.2) is 31.3 Å². The van der Waals surface area contributed by atoms with Crippen molar-refractivity contribution in [3.63, 3.8) is 0 Å². The van der Waals surface area contributed by atoms with Crippen LogP contribution in [0.1, 0.15) is 29.5 Å². The van der Waals surface area contributed by atoms with E-state index in [0.717, 1.165) is 18.5 Å². The summed E-state index contributed by atoms with van der Waals surface area (Å²) in [7, 11) is 1.94. The fourth-order valence-electron chi connectivity index (χ4n) is 2.79. The number of anilines is 1. The number of likely N-dealkylation sites (tertiary alicyclic amines) is 1. The van der Waals surface area contributed by atoms with Gasteiger partial charge in [-0.15, -0.1) is 0 Å².